The van der Waals surface area contributed by atoms with E-state index in [2.05, 4.69) is 5.32 Å². The van der Waals surface area contributed by atoms with Gasteiger partial charge in [0.2, 0.25) is 5.91 Å². The van der Waals surface area contributed by atoms with Crippen LogP contribution < -0.4 is 11.1 Å². The number of carbonyl (C=O) groups is 2. The Morgan fingerprint density at radius 2 is 1.64 bits per heavy atom. The Morgan fingerprint density at radius 3 is 2.28 bits per heavy atom. The fourth-order valence-electron chi connectivity index (χ4n) is 3.27. The molecule has 0 bridgehead atoms. The molecule has 2 aromatic carbocycles. The summed E-state index contributed by atoms with van der Waals surface area (Å²) in [6.45, 7) is 2.80. The molecule has 0 radical (unpaired) electrons. The zero-order valence-electron chi connectivity index (χ0n) is 14.3. The summed E-state index contributed by atoms with van der Waals surface area (Å²) in [6.07, 6.45) is 0. The molecule has 0 aromatic heterocycles. The second kappa shape index (κ2) is 7.49. The summed E-state index contributed by atoms with van der Waals surface area (Å²) in [6, 6.07) is 18.2. The van der Waals surface area contributed by atoms with Crippen LogP contribution in [-0.2, 0) is 4.79 Å². The first kappa shape index (κ1) is 17.2. The Kier molecular flexibility index (Phi) is 5.14. The minimum absolute atomic E-state index is 0.0941. The Morgan fingerprint density at radius 1 is 1.04 bits per heavy atom. The van der Waals surface area contributed by atoms with Crippen LogP contribution in [-0.4, -0.2) is 41.9 Å². The molecule has 3 rings (SSSR count). The standard InChI is InChI=1S/C20H23N3O2/c1-14(22-19(24)16-10-6-3-7-11-16)20(25)23-12-17(18(21)13-23)15-8-4-2-5-9-15/h2-11,14,17-18H,12-13,21H2,1H3,(H,22,24)/t14?,17-,18+/m0/s1. The number of rotatable bonds is 4. The van der Waals surface area contributed by atoms with E-state index in [0.717, 1.165) is 5.56 Å². The van der Waals surface area contributed by atoms with Crippen LogP contribution in [0.25, 0.3) is 0 Å². The van der Waals surface area contributed by atoms with E-state index in [4.69, 9.17) is 5.73 Å². The Bertz CT molecular complexity index is 733. The van der Waals surface area contributed by atoms with Crippen LogP contribution in [0.1, 0.15) is 28.8 Å². The predicted molar refractivity (Wildman–Crippen MR) is 97.1 cm³/mol. The molecule has 0 saturated carbocycles. The van der Waals surface area contributed by atoms with Crippen LogP contribution in [0.15, 0.2) is 60.7 Å². The summed E-state index contributed by atoms with van der Waals surface area (Å²) < 4.78 is 0. The molecule has 1 fully saturated rings. The first-order valence-corrected chi connectivity index (χ1v) is 8.51. The number of nitrogens with zero attached hydrogens (tertiary/aromatic N) is 1. The molecule has 130 valence electrons. The highest BCUT2D eigenvalue weighted by molar-refractivity contribution is 5.97. The van der Waals surface area contributed by atoms with Crippen molar-refractivity contribution in [2.75, 3.05) is 13.1 Å². The van der Waals surface area contributed by atoms with Gasteiger partial charge in [-0.2, -0.15) is 0 Å². The number of benzene rings is 2. The predicted octanol–water partition coefficient (Wildman–Crippen LogP) is 1.76. The lowest BCUT2D eigenvalue weighted by Gasteiger charge is -2.21. The van der Waals surface area contributed by atoms with Crippen LogP contribution >= 0.6 is 0 Å². The van der Waals surface area contributed by atoms with Gasteiger partial charge in [-0.3, -0.25) is 9.59 Å². The van der Waals surface area contributed by atoms with Crippen molar-refractivity contribution in [1.29, 1.82) is 0 Å². The molecule has 2 amide bonds. The number of hydrogen-bond donors (Lipinski definition) is 2. The minimum Gasteiger partial charge on any atom is -0.341 e. The highest BCUT2D eigenvalue weighted by atomic mass is 16.2. The fraction of sp³-hybridized carbons (Fsp3) is 0.300. The largest absolute Gasteiger partial charge is 0.341 e. The van der Waals surface area contributed by atoms with E-state index in [-0.39, 0.29) is 23.8 Å². The molecule has 3 N–H and O–H groups in total. The van der Waals surface area contributed by atoms with Crippen molar-refractivity contribution in [2.45, 2.75) is 24.9 Å². The highest BCUT2D eigenvalue weighted by Crippen LogP contribution is 2.26. The second-order valence-corrected chi connectivity index (χ2v) is 6.49. The molecule has 3 atom stereocenters. The molecule has 0 spiro atoms. The second-order valence-electron chi connectivity index (χ2n) is 6.49. The van der Waals surface area contributed by atoms with E-state index < -0.39 is 6.04 Å². The highest BCUT2D eigenvalue weighted by Gasteiger charge is 2.35. The van der Waals surface area contributed by atoms with E-state index in [1.54, 1.807) is 36.1 Å². The summed E-state index contributed by atoms with van der Waals surface area (Å²) in [5.74, 6) is -0.218. The van der Waals surface area contributed by atoms with Crippen molar-refractivity contribution in [1.82, 2.24) is 10.2 Å². The van der Waals surface area contributed by atoms with Gasteiger partial charge in [0.05, 0.1) is 0 Å². The van der Waals surface area contributed by atoms with Gasteiger partial charge in [0, 0.05) is 30.6 Å². The molecule has 0 aliphatic carbocycles. The maximum absolute atomic E-state index is 12.7. The quantitative estimate of drug-likeness (QED) is 0.893. The van der Waals surface area contributed by atoms with Gasteiger partial charge in [0.15, 0.2) is 0 Å². The molecule has 25 heavy (non-hydrogen) atoms. The number of nitrogens with two attached hydrogens (primary N) is 1. The molecule has 2 aromatic rings. The van der Waals surface area contributed by atoms with E-state index in [1.165, 1.54) is 0 Å². The maximum atomic E-state index is 12.7. The zero-order chi connectivity index (χ0) is 17.8. The Balaban J connectivity index is 1.62. The first-order valence-electron chi connectivity index (χ1n) is 8.51. The molecule has 1 unspecified atom stereocenters. The van der Waals surface area contributed by atoms with Gasteiger partial charge in [-0.25, -0.2) is 0 Å². The van der Waals surface area contributed by atoms with Crippen molar-refractivity contribution in [3.63, 3.8) is 0 Å². The van der Waals surface area contributed by atoms with Crippen molar-refractivity contribution in [2.24, 2.45) is 5.73 Å². The SMILES string of the molecule is CC(NC(=O)c1ccccc1)C(=O)N1C[C@@H](N)[C@H](c2ccccc2)C1. The fourth-order valence-corrected chi connectivity index (χ4v) is 3.27. The Labute approximate surface area is 147 Å². The summed E-state index contributed by atoms with van der Waals surface area (Å²) >= 11 is 0. The molecule has 1 aliphatic rings. The van der Waals surface area contributed by atoms with Gasteiger partial charge < -0.3 is 16.0 Å². The summed E-state index contributed by atoms with van der Waals surface area (Å²) in [5.41, 5.74) is 7.94. The summed E-state index contributed by atoms with van der Waals surface area (Å²) in [5, 5.41) is 2.77. The van der Waals surface area contributed by atoms with Crippen LogP contribution in [0.2, 0.25) is 0 Å². The third-order valence-electron chi connectivity index (χ3n) is 4.66. The van der Waals surface area contributed by atoms with Gasteiger partial charge in [0.1, 0.15) is 6.04 Å². The molecule has 1 aliphatic heterocycles. The van der Waals surface area contributed by atoms with Crippen molar-refractivity contribution < 1.29 is 9.59 Å². The zero-order valence-corrected chi connectivity index (χ0v) is 14.3. The Hall–Kier alpha value is -2.66. The molecular weight excluding hydrogens is 314 g/mol. The number of likely N-dealkylation sites (tertiary alicyclic amines) is 1. The van der Waals surface area contributed by atoms with Gasteiger partial charge in [-0.1, -0.05) is 48.5 Å². The van der Waals surface area contributed by atoms with Gasteiger partial charge in [-0.05, 0) is 24.6 Å². The lowest BCUT2D eigenvalue weighted by Crippen LogP contribution is -2.46. The normalized spacial score (nSPS) is 21.0. The van der Waals surface area contributed by atoms with Crippen molar-refractivity contribution >= 4 is 11.8 Å². The van der Waals surface area contributed by atoms with Crippen molar-refractivity contribution in [3.8, 4) is 0 Å². The lowest BCUT2D eigenvalue weighted by molar-refractivity contribution is -0.131. The molecular formula is C20H23N3O2. The van der Waals surface area contributed by atoms with Crippen LogP contribution in [0.3, 0.4) is 0 Å². The lowest BCUT2D eigenvalue weighted by atomic mass is 9.95. The molecule has 1 saturated heterocycles. The average Bonchev–Trinajstić information content (AvgIpc) is 3.04. The molecule has 5 nitrogen and oxygen atoms in total. The number of carbonyl (C=O) groups excluding carboxylic acids is 2. The summed E-state index contributed by atoms with van der Waals surface area (Å²) in [4.78, 5) is 26.7. The first-order chi connectivity index (χ1) is 12.1. The van der Waals surface area contributed by atoms with E-state index in [1.807, 2.05) is 36.4 Å². The number of hydrogen-bond acceptors (Lipinski definition) is 3. The smallest absolute Gasteiger partial charge is 0.251 e. The maximum Gasteiger partial charge on any atom is 0.251 e. The monoisotopic (exact) mass is 337 g/mol. The third kappa shape index (κ3) is 3.88. The van der Waals surface area contributed by atoms with Gasteiger partial charge in [-0.15, -0.1) is 0 Å². The van der Waals surface area contributed by atoms with E-state index in [9.17, 15) is 9.59 Å². The molecule has 5 heteroatoms. The van der Waals surface area contributed by atoms with Gasteiger partial charge in [0.25, 0.3) is 5.91 Å². The number of amides is 2. The van der Waals surface area contributed by atoms with Crippen molar-refractivity contribution in [3.05, 3.63) is 71.8 Å². The average molecular weight is 337 g/mol. The minimum atomic E-state index is -0.588. The van der Waals surface area contributed by atoms with E-state index >= 15 is 0 Å². The van der Waals surface area contributed by atoms with Crippen LogP contribution in [0.4, 0.5) is 0 Å². The molecule has 1 heterocycles. The van der Waals surface area contributed by atoms with E-state index in [0.29, 0.717) is 18.7 Å². The van der Waals surface area contributed by atoms with Crippen LogP contribution in [0, 0.1) is 0 Å². The number of nitrogens with one attached hydrogen (secondary N) is 1. The van der Waals surface area contributed by atoms with Crippen LogP contribution in [0.5, 0.6) is 0 Å². The topological polar surface area (TPSA) is 75.4 Å². The van der Waals surface area contributed by atoms with Gasteiger partial charge >= 0.3 is 0 Å². The summed E-state index contributed by atoms with van der Waals surface area (Å²) in [7, 11) is 0. The third-order valence-corrected chi connectivity index (χ3v) is 4.66.